The van der Waals surface area contributed by atoms with Crippen LogP contribution in [0, 0.1) is 6.23 Å². The topological polar surface area (TPSA) is 32.8 Å². The highest BCUT2D eigenvalue weighted by atomic mass is 16.6. The summed E-state index contributed by atoms with van der Waals surface area (Å²) in [6.45, 7) is 3.58. The molecule has 1 rings (SSSR count). The highest BCUT2D eigenvalue weighted by Crippen LogP contribution is 2.23. The van der Waals surface area contributed by atoms with Gasteiger partial charge in [-0.3, -0.25) is 4.90 Å². The van der Waals surface area contributed by atoms with Crippen molar-refractivity contribution in [2.24, 2.45) is 0 Å². The molecule has 0 N–H and O–H groups in total. The van der Waals surface area contributed by atoms with Gasteiger partial charge in [0.15, 0.2) is 0 Å². The van der Waals surface area contributed by atoms with Crippen LogP contribution in [-0.4, -0.2) is 43.1 Å². The zero-order valence-electron chi connectivity index (χ0n) is 8.54. The molecule has 0 aromatic heterocycles. The van der Waals surface area contributed by atoms with E-state index in [1.165, 1.54) is 0 Å². The van der Waals surface area contributed by atoms with Crippen LogP contribution in [0.5, 0.6) is 0 Å². The largest absolute Gasteiger partial charge is 0.421 e. The molecule has 1 radical (unpaired) electrons. The van der Waals surface area contributed by atoms with E-state index in [9.17, 15) is 4.79 Å². The molecular formula is C9H17N2O2. The number of hydrogen-bond donors (Lipinski definition) is 0. The molecule has 75 valence electrons. The monoisotopic (exact) mass is 185 g/mol. The quantitative estimate of drug-likeness (QED) is 0.650. The average Bonchev–Trinajstić information content (AvgIpc) is 2.50. The third-order valence-corrected chi connectivity index (χ3v) is 2.30. The van der Waals surface area contributed by atoms with Crippen LogP contribution < -0.4 is 0 Å². The number of likely N-dealkylation sites (tertiary alicyclic amines) is 1. The Kier molecular flexibility index (Phi) is 3.54. The Balaban J connectivity index is 2.35. The van der Waals surface area contributed by atoms with E-state index in [4.69, 9.17) is 4.74 Å². The van der Waals surface area contributed by atoms with Crippen LogP contribution in [0.25, 0.3) is 0 Å². The number of rotatable bonds is 2. The maximum absolute atomic E-state index is 11.3. The van der Waals surface area contributed by atoms with E-state index in [0.29, 0.717) is 6.54 Å². The molecule has 1 fully saturated rings. The number of ether oxygens (including phenoxy) is 1. The van der Waals surface area contributed by atoms with Crippen LogP contribution in [0.4, 0.5) is 4.79 Å². The molecule has 0 saturated carbocycles. The summed E-state index contributed by atoms with van der Waals surface area (Å²) in [5.74, 6) is 0. The van der Waals surface area contributed by atoms with Crippen molar-refractivity contribution in [3.8, 4) is 0 Å². The molecule has 0 aliphatic carbocycles. The molecule has 1 amide bonds. The summed E-state index contributed by atoms with van der Waals surface area (Å²) in [6, 6.07) is 0. The molecule has 0 unspecified atom stereocenters. The van der Waals surface area contributed by atoms with Gasteiger partial charge in [-0.25, -0.2) is 4.79 Å². The molecule has 1 saturated heterocycles. The normalized spacial score (nSPS) is 19.0. The maximum atomic E-state index is 11.3. The van der Waals surface area contributed by atoms with Crippen molar-refractivity contribution in [2.75, 3.05) is 27.2 Å². The molecule has 4 nitrogen and oxygen atoms in total. The van der Waals surface area contributed by atoms with Crippen molar-refractivity contribution in [1.82, 2.24) is 9.80 Å². The second kappa shape index (κ2) is 4.46. The molecule has 4 heteroatoms. The van der Waals surface area contributed by atoms with Crippen LogP contribution in [0.1, 0.15) is 19.8 Å². The minimum Gasteiger partial charge on any atom is -0.421 e. The maximum Gasteiger partial charge on any atom is 0.411 e. The first kappa shape index (κ1) is 10.3. The Morgan fingerprint density at radius 3 is 2.85 bits per heavy atom. The van der Waals surface area contributed by atoms with E-state index in [1.54, 1.807) is 11.9 Å². The van der Waals surface area contributed by atoms with Gasteiger partial charge in [0.05, 0.1) is 0 Å². The van der Waals surface area contributed by atoms with Crippen molar-refractivity contribution in [1.29, 1.82) is 0 Å². The molecular weight excluding hydrogens is 168 g/mol. The Morgan fingerprint density at radius 1 is 1.69 bits per heavy atom. The number of amides is 1. The van der Waals surface area contributed by atoms with Gasteiger partial charge in [-0.05, 0) is 20.4 Å². The predicted octanol–water partition coefficient (Wildman–Crippen LogP) is 1.29. The molecule has 1 aliphatic heterocycles. The SMILES string of the molecule is CCN(C)C(=O)O[C]1CCCN1C. The Hall–Kier alpha value is -0.770. The van der Waals surface area contributed by atoms with Gasteiger partial charge in [0.25, 0.3) is 0 Å². The molecule has 1 aliphatic rings. The second-order valence-corrected chi connectivity index (χ2v) is 3.30. The van der Waals surface area contributed by atoms with Gasteiger partial charge in [0, 0.05) is 26.6 Å². The lowest BCUT2D eigenvalue weighted by Crippen LogP contribution is -2.31. The zero-order valence-corrected chi connectivity index (χ0v) is 8.54. The number of carbonyl (C=O) groups excluding carboxylic acids is 1. The Bertz CT molecular complexity index is 184. The van der Waals surface area contributed by atoms with Crippen LogP contribution >= 0.6 is 0 Å². The van der Waals surface area contributed by atoms with E-state index in [-0.39, 0.29) is 6.09 Å². The van der Waals surface area contributed by atoms with Gasteiger partial charge in [-0.1, -0.05) is 0 Å². The zero-order chi connectivity index (χ0) is 9.84. The molecule has 1 heterocycles. The average molecular weight is 185 g/mol. The van der Waals surface area contributed by atoms with E-state index >= 15 is 0 Å². The summed E-state index contributed by atoms with van der Waals surface area (Å²) in [4.78, 5) is 14.9. The summed E-state index contributed by atoms with van der Waals surface area (Å²) >= 11 is 0. The fraction of sp³-hybridized carbons (Fsp3) is 0.778. The fourth-order valence-electron chi connectivity index (χ4n) is 1.22. The van der Waals surface area contributed by atoms with Gasteiger partial charge in [0.1, 0.15) is 0 Å². The lowest BCUT2D eigenvalue weighted by atomic mass is 10.4. The van der Waals surface area contributed by atoms with Gasteiger partial charge in [-0.15, -0.1) is 0 Å². The highest BCUT2D eigenvalue weighted by molar-refractivity contribution is 5.67. The van der Waals surface area contributed by atoms with Gasteiger partial charge >= 0.3 is 6.09 Å². The first-order valence-corrected chi connectivity index (χ1v) is 4.65. The van der Waals surface area contributed by atoms with Crippen molar-refractivity contribution in [2.45, 2.75) is 19.8 Å². The summed E-state index contributed by atoms with van der Waals surface area (Å²) in [5, 5.41) is 0. The van der Waals surface area contributed by atoms with Crippen molar-refractivity contribution >= 4 is 6.09 Å². The van der Waals surface area contributed by atoms with E-state index in [1.807, 2.05) is 18.9 Å². The first-order valence-electron chi connectivity index (χ1n) is 4.65. The van der Waals surface area contributed by atoms with E-state index < -0.39 is 0 Å². The number of hydrogen-bond acceptors (Lipinski definition) is 3. The molecule has 13 heavy (non-hydrogen) atoms. The van der Waals surface area contributed by atoms with E-state index in [0.717, 1.165) is 25.6 Å². The minimum atomic E-state index is -0.258. The van der Waals surface area contributed by atoms with Crippen LogP contribution in [0.2, 0.25) is 0 Å². The van der Waals surface area contributed by atoms with Crippen molar-refractivity contribution < 1.29 is 9.53 Å². The van der Waals surface area contributed by atoms with Crippen molar-refractivity contribution in [3.05, 3.63) is 6.23 Å². The highest BCUT2D eigenvalue weighted by Gasteiger charge is 2.27. The predicted molar refractivity (Wildman–Crippen MR) is 49.9 cm³/mol. The van der Waals surface area contributed by atoms with Gasteiger partial charge in [-0.2, -0.15) is 0 Å². The minimum absolute atomic E-state index is 0.258. The smallest absolute Gasteiger partial charge is 0.411 e. The number of nitrogens with zero attached hydrogens (tertiary/aromatic N) is 2. The lowest BCUT2D eigenvalue weighted by molar-refractivity contribution is 0.0788. The molecule has 0 bridgehead atoms. The van der Waals surface area contributed by atoms with Gasteiger partial charge < -0.3 is 9.64 Å². The second-order valence-electron chi connectivity index (χ2n) is 3.30. The number of carbonyl (C=O) groups is 1. The Morgan fingerprint density at radius 2 is 2.38 bits per heavy atom. The molecule has 0 atom stereocenters. The molecule has 0 aromatic carbocycles. The summed E-state index contributed by atoms with van der Waals surface area (Å²) in [6.07, 6.45) is 2.49. The van der Waals surface area contributed by atoms with Crippen LogP contribution in [0.3, 0.4) is 0 Å². The summed E-state index contributed by atoms with van der Waals surface area (Å²) < 4.78 is 5.21. The standard InChI is InChI=1S/C9H17N2O2/c1-4-10(2)9(12)13-8-6-5-7-11(8)3/h4-7H2,1-3H3. The van der Waals surface area contributed by atoms with Crippen LogP contribution in [0.15, 0.2) is 0 Å². The summed E-state index contributed by atoms with van der Waals surface area (Å²) in [7, 11) is 3.68. The summed E-state index contributed by atoms with van der Waals surface area (Å²) in [5.41, 5.74) is 0. The first-order chi connectivity index (χ1) is 6.15. The van der Waals surface area contributed by atoms with Crippen molar-refractivity contribution in [3.63, 3.8) is 0 Å². The molecule has 0 aromatic rings. The third-order valence-electron chi connectivity index (χ3n) is 2.30. The fourth-order valence-corrected chi connectivity index (χ4v) is 1.22. The Labute approximate surface area is 79.4 Å². The third kappa shape index (κ3) is 2.59. The lowest BCUT2D eigenvalue weighted by Gasteiger charge is -2.21. The van der Waals surface area contributed by atoms with Crippen LogP contribution in [-0.2, 0) is 4.74 Å². The van der Waals surface area contributed by atoms with Gasteiger partial charge in [0.2, 0.25) is 6.23 Å². The molecule has 0 spiro atoms. The van der Waals surface area contributed by atoms with E-state index in [2.05, 4.69) is 0 Å².